The summed E-state index contributed by atoms with van der Waals surface area (Å²) in [7, 11) is 0. The molecule has 0 N–H and O–H groups in total. The average molecular weight is 1100 g/mol. The summed E-state index contributed by atoms with van der Waals surface area (Å²) in [5.41, 5.74) is 0. The Balaban J connectivity index is 4.42. The normalized spacial score (nSPS) is 12.7. The molecule has 0 fully saturated rings. The van der Waals surface area contributed by atoms with E-state index in [-0.39, 0.29) is 37.5 Å². The lowest BCUT2D eigenvalue weighted by atomic mass is 10.0. The Morgan fingerprint density at radius 1 is 0.266 bits per heavy atom. The fraction of sp³-hybridized carbons (Fsp3) is 0.740. The standard InChI is InChI=1S/C73H126O6/c1-4-7-10-13-16-19-22-25-28-31-33-35-36-38-39-42-45-48-51-54-57-60-63-66-72(75)78-69-70(68-77-71(74)65-62-59-56-53-50-47-44-41-30-27-24-21-18-15-12-9-6-3)79-73(76)67-64-61-58-55-52-49-46-43-40-37-34-32-29-26-23-20-17-14-11-8-5-2/h9,12,18,21-22,25,27,30-31,33,36,38,44,47,53,56,70H,4-8,10-11,13-17,19-20,23-24,26,28-29,32,34-35,37,39-43,45-46,48-52,54-55,57-69H2,1-3H3/b12-9-,21-18-,25-22-,30-27-,33-31-,38-36-,47-44-,56-53-. The van der Waals surface area contributed by atoms with Gasteiger partial charge in [-0.1, -0.05) is 311 Å². The van der Waals surface area contributed by atoms with Crippen molar-refractivity contribution in [1.29, 1.82) is 0 Å². The maximum absolute atomic E-state index is 12.9. The summed E-state index contributed by atoms with van der Waals surface area (Å²) >= 11 is 0. The fourth-order valence-corrected chi connectivity index (χ4v) is 9.55. The Morgan fingerprint density at radius 2 is 0.506 bits per heavy atom. The van der Waals surface area contributed by atoms with Gasteiger partial charge in [0, 0.05) is 19.3 Å². The fourth-order valence-electron chi connectivity index (χ4n) is 9.55. The second kappa shape index (κ2) is 66.8. The van der Waals surface area contributed by atoms with Crippen molar-refractivity contribution in [2.24, 2.45) is 0 Å². The van der Waals surface area contributed by atoms with Crippen LogP contribution in [0.2, 0.25) is 0 Å². The molecule has 79 heavy (non-hydrogen) atoms. The zero-order valence-electron chi connectivity index (χ0n) is 52.1. The van der Waals surface area contributed by atoms with Gasteiger partial charge in [0.15, 0.2) is 6.10 Å². The lowest BCUT2D eigenvalue weighted by Crippen LogP contribution is -2.30. The summed E-state index contributed by atoms with van der Waals surface area (Å²) in [5, 5.41) is 0. The molecule has 0 amide bonds. The first-order valence-electron chi connectivity index (χ1n) is 33.7. The Bertz CT molecular complexity index is 1540. The first kappa shape index (κ1) is 75.3. The van der Waals surface area contributed by atoms with Crippen LogP contribution in [0.1, 0.15) is 329 Å². The van der Waals surface area contributed by atoms with Crippen LogP contribution in [0.3, 0.4) is 0 Å². The Hall–Kier alpha value is -3.67. The molecule has 0 heterocycles. The molecule has 0 rings (SSSR count). The highest BCUT2D eigenvalue weighted by Crippen LogP contribution is 2.17. The van der Waals surface area contributed by atoms with Crippen molar-refractivity contribution in [2.45, 2.75) is 335 Å². The van der Waals surface area contributed by atoms with E-state index >= 15 is 0 Å². The van der Waals surface area contributed by atoms with Crippen molar-refractivity contribution in [3.8, 4) is 0 Å². The summed E-state index contributed by atoms with van der Waals surface area (Å²) in [6.45, 7) is 6.50. The molecular formula is C73H126O6. The second-order valence-electron chi connectivity index (χ2n) is 22.4. The van der Waals surface area contributed by atoms with Crippen LogP contribution >= 0.6 is 0 Å². The Kier molecular flexibility index (Phi) is 63.7. The molecule has 0 aromatic heterocycles. The van der Waals surface area contributed by atoms with Gasteiger partial charge in [0.1, 0.15) is 13.2 Å². The average Bonchev–Trinajstić information content (AvgIpc) is 3.45. The van der Waals surface area contributed by atoms with Crippen LogP contribution in [0.15, 0.2) is 97.2 Å². The quantitative estimate of drug-likeness (QED) is 0.0261. The van der Waals surface area contributed by atoms with Crippen LogP contribution in [0.25, 0.3) is 0 Å². The van der Waals surface area contributed by atoms with Gasteiger partial charge in [0.05, 0.1) is 0 Å². The van der Waals surface area contributed by atoms with Crippen LogP contribution in [-0.2, 0) is 28.6 Å². The van der Waals surface area contributed by atoms with E-state index < -0.39 is 6.10 Å². The van der Waals surface area contributed by atoms with Gasteiger partial charge in [0.25, 0.3) is 0 Å². The highest BCUT2D eigenvalue weighted by molar-refractivity contribution is 5.71. The largest absolute Gasteiger partial charge is 0.462 e. The predicted octanol–water partition coefficient (Wildman–Crippen LogP) is 23.2. The minimum absolute atomic E-state index is 0.0972. The highest BCUT2D eigenvalue weighted by atomic mass is 16.6. The number of allylic oxidation sites excluding steroid dienone is 16. The van der Waals surface area contributed by atoms with E-state index in [9.17, 15) is 14.4 Å². The van der Waals surface area contributed by atoms with Crippen molar-refractivity contribution >= 4 is 17.9 Å². The van der Waals surface area contributed by atoms with Gasteiger partial charge in [-0.2, -0.15) is 0 Å². The molecular weight excluding hydrogens is 973 g/mol. The molecule has 0 saturated carbocycles. The number of carbonyl (C=O) groups excluding carboxylic acids is 3. The number of rotatable bonds is 61. The van der Waals surface area contributed by atoms with E-state index in [4.69, 9.17) is 14.2 Å². The SMILES string of the molecule is CC/C=C\C/C=C\C/C=C\C/C=C\C/C=C\CCCC(=O)OCC(COC(=O)CCCCCCCCCC/C=C\C/C=C\C/C=C\CCCCCCC)OC(=O)CCCCCCCCCCCCCCCCCCCCCCC. The molecule has 0 radical (unpaired) electrons. The lowest BCUT2D eigenvalue weighted by molar-refractivity contribution is -0.167. The zero-order chi connectivity index (χ0) is 57.1. The van der Waals surface area contributed by atoms with Crippen molar-refractivity contribution < 1.29 is 28.6 Å². The third kappa shape index (κ3) is 65.0. The third-order valence-corrected chi connectivity index (χ3v) is 14.6. The van der Waals surface area contributed by atoms with Gasteiger partial charge >= 0.3 is 17.9 Å². The van der Waals surface area contributed by atoms with E-state index in [1.54, 1.807) is 0 Å². The molecule has 0 bridgehead atoms. The van der Waals surface area contributed by atoms with Crippen molar-refractivity contribution in [3.05, 3.63) is 97.2 Å². The van der Waals surface area contributed by atoms with E-state index in [1.807, 2.05) is 0 Å². The van der Waals surface area contributed by atoms with Gasteiger partial charge in [-0.15, -0.1) is 0 Å². The molecule has 6 nitrogen and oxygen atoms in total. The molecule has 0 spiro atoms. The van der Waals surface area contributed by atoms with E-state index in [1.165, 1.54) is 186 Å². The van der Waals surface area contributed by atoms with Gasteiger partial charge < -0.3 is 14.2 Å². The summed E-state index contributed by atoms with van der Waals surface area (Å²) < 4.78 is 16.9. The monoisotopic (exact) mass is 1100 g/mol. The molecule has 0 aliphatic heterocycles. The van der Waals surface area contributed by atoms with Crippen LogP contribution < -0.4 is 0 Å². The lowest BCUT2D eigenvalue weighted by Gasteiger charge is -2.18. The van der Waals surface area contributed by atoms with Gasteiger partial charge in [-0.05, 0) is 96.3 Å². The third-order valence-electron chi connectivity index (χ3n) is 14.6. The number of hydrogen-bond acceptors (Lipinski definition) is 6. The number of unbranched alkanes of at least 4 members (excludes halogenated alkanes) is 34. The molecule has 0 saturated heterocycles. The van der Waals surface area contributed by atoms with Crippen molar-refractivity contribution in [3.63, 3.8) is 0 Å². The first-order valence-corrected chi connectivity index (χ1v) is 33.7. The van der Waals surface area contributed by atoms with Crippen LogP contribution in [0.4, 0.5) is 0 Å². The molecule has 0 aromatic carbocycles. The number of ether oxygens (including phenoxy) is 3. The van der Waals surface area contributed by atoms with E-state index in [0.29, 0.717) is 19.3 Å². The number of esters is 3. The van der Waals surface area contributed by atoms with Gasteiger partial charge in [0.2, 0.25) is 0 Å². The molecule has 1 atom stereocenters. The number of carbonyl (C=O) groups is 3. The summed E-state index contributed by atoms with van der Waals surface area (Å²) in [6, 6.07) is 0. The zero-order valence-corrected chi connectivity index (χ0v) is 52.1. The molecule has 1 unspecified atom stereocenters. The Morgan fingerprint density at radius 3 is 0.823 bits per heavy atom. The second-order valence-corrected chi connectivity index (χ2v) is 22.4. The molecule has 0 aliphatic carbocycles. The predicted molar refractivity (Wildman–Crippen MR) is 344 cm³/mol. The smallest absolute Gasteiger partial charge is 0.306 e. The van der Waals surface area contributed by atoms with Crippen LogP contribution in [-0.4, -0.2) is 37.2 Å². The van der Waals surface area contributed by atoms with E-state index in [2.05, 4.69) is 118 Å². The molecule has 0 aliphatic rings. The molecule has 6 heteroatoms. The molecule has 454 valence electrons. The minimum atomic E-state index is -0.805. The summed E-state index contributed by atoms with van der Waals surface area (Å²) in [6.07, 6.45) is 90.0. The Labute approximate surface area is 489 Å². The minimum Gasteiger partial charge on any atom is -0.462 e. The van der Waals surface area contributed by atoms with E-state index in [0.717, 1.165) is 96.3 Å². The summed E-state index contributed by atoms with van der Waals surface area (Å²) in [5.74, 6) is -0.950. The maximum atomic E-state index is 12.9. The van der Waals surface area contributed by atoms with Gasteiger partial charge in [-0.25, -0.2) is 0 Å². The topological polar surface area (TPSA) is 78.9 Å². The van der Waals surface area contributed by atoms with Crippen molar-refractivity contribution in [1.82, 2.24) is 0 Å². The van der Waals surface area contributed by atoms with Gasteiger partial charge in [-0.3, -0.25) is 14.4 Å². The molecule has 0 aromatic rings. The number of hydrogen-bond donors (Lipinski definition) is 0. The van der Waals surface area contributed by atoms with Crippen LogP contribution in [0, 0.1) is 0 Å². The first-order chi connectivity index (χ1) is 39.0. The highest BCUT2D eigenvalue weighted by Gasteiger charge is 2.19. The van der Waals surface area contributed by atoms with Crippen molar-refractivity contribution in [2.75, 3.05) is 13.2 Å². The van der Waals surface area contributed by atoms with Crippen LogP contribution in [0.5, 0.6) is 0 Å². The maximum Gasteiger partial charge on any atom is 0.306 e. The summed E-state index contributed by atoms with van der Waals surface area (Å²) in [4.78, 5) is 38.4.